The van der Waals surface area contributed by atoms with Crippen LogP contribution in [0.1, 0.15) is 36.4 Å². The molecule has 2 unspecified atom stereocenters. The first-order valence-electron chi connectivity index (χ1n) is 8.66. The van der Waals surface area contributed by atoms with Crippen LogP contribution in [0.3, 0.4) is 0 Å². The van der Waals surface area contributed by atoms with E-state index in [-0.39, 0.29) is 18.5 Å². The van der Waals surface area contributed by atoms with E-state index in [0.29, 0.717) is 28.6 Å². The third-order valence-corrected chi connectivity index (χ3v) is 5.08. The fourth-order valence-corrected chi connectivity index (χ4v) is 3.52. The standard InChI is InChI=1S/C20H21ClFNO2S/c21-13-4-7-15(8-5-13)25-12-14(24)6-11-20(26)23-19-10-9-16-17(19)2-1-3-18(16)22/h1-5,7-8,14,19,24H,6,9-12H2,(H,23,26). The quantitative estimate of drug-likeness (QED) is 0.674. The van der Waals surface area contributed by atoms with Crippen molar-refractivity contribution in [1.29, 1.82) is 0 Å². The van der Waals surface area contributed by atoms with Crippen molar-refractivity contribution in [3.05, 3.63) is 64.4 Å². The molecule has 2 N–H and O–H groups in total. The van der Waals surface area contributed by atoms with Gasteiger partial charge in [-0.05, 0) is 60.7 Å². The summed E-state index contributed by atoms with van der Waals surface area (Å²) in [6.07, 6.45) is 2.00. The maximum absolute atomic E-state index is 13.8. The summed E-state index contributed by atoms with van der Waals surface area (Å²) in [7, 11) is 0. The van der Waals surface area contributed by atoms with Crippen LogP contribution < -0.4 is 10.1 Å². The third kappa shape index (κ3) is 4.93. The van der Waals surface area contributed by atoms with Crippen molar-refractivity contribution in [3.63, 3.8) is 0 Å². The second kappa shape index (κ2) is 8.80. The first kappa shape index (κ1) is 19.1. The van der Waals surface area contributed by atoms with Gasteiger partial charge < -0.3 is 15.2 Å². The number of nitrogens with one attached hydrogen (secondary N) is 1. The molecule has 0 saturated carbocycles. The molecule has 0 saturated heterocycles. The molecule has 0 heterocycles. The molecule has 1 aliphatic rings. The third-order valence-electron chi connectivity index (χ3n) is 4.51. The second-order valence-corrected chi connectivity index (χ2v) is 7.35. The molecule has 2 aromatic rings. The van der Waals surface area contributed by atoms with E-state index in [2.05, 4.69) is 5.32 Å². The number of thiocarbonyl (C=S) groups is 1. The molecular weight excluding hydrogens is 373 g/mol. The van der Waals surface area contributed by atoms with Crippen molar-refractivity contribution in [3.8, 4) is 5.75 Å². The smallest absolute Gasteiger partial charge is 0.126 e. The summed E-state index contributed by atoms with van der Waals surface area (Å²) in [6.45, 7) is 0.196. The number of ether oxygens (including phenoxy) is 1. The monoisotopic (exact) mass is 393 g/mol. The molecule has 0 bridgehead atoms. The number of rotatable bonds is 7. The SMILES string of the molecule is OC(CCC(=S)NC1CCc2c(F)cccc21)COc1ccc(Cl)cc1. The fraction of sp³-hybridized carbons (Fsp3) is 0.350. The lowest BCUT2D eigenvalue weighted by Gasteiger charge is -2.18. The Hall–Kier alpha value is -1.69. The van der Waals surface area contributed by atoms with E-state index in [1.807, 2.05) is 6.07 Å². The second-order valence-electron chi connectivity index (χ2n) is 6.42. The Balaban J connectivity index is 1.42. The lowest BCUT2D eigenvalue weighted by atomic mass is 10.1. The van der Waals surface area contributed by atoms with Gasteiger partial charge in [0, 0.05) is 11.4 Å². The number of fused-ring (bicyclic) bond motifs is 1. The van der Waals surface area contributed by atoms with Gasteiger partial charge in [0.05, 0.1) is 17.1 Å². The van der Waals surface area contributed by atoms with E-state index < -0.39 is 6.10 Å². The first-order chi connectivity index (χ1) is 12.5. The van der Waals surface area contributed by atoms with Crippen LogP contribution in [-0.2, 0) is 6.42 Å². The number of benzene rings is 2. The van der Waals surface area contributed by atoms with Crippen LogP contribution in [0.25, 0.3) is 0 Å². The molecule has 0 amide bonds. The molecule has 0 spiro atoms. The van der Waals surface area contributed by atoms with Crippen molar-refractivity contribution in [1.82, 2.24) is 5.32 Å². The Bertz CT molecular complexity index is 769. The largest absolute Gasteiger partial charge is 0.491 e. The lowest BCUT2D eigenvalue weighted by Crippen LogP contribution is -2.27. The summed E-state index contributed by atoms with van der Waals surface area (Å²) in [6, 6.07) is 12.2. The molecule has 26 heavy (non-hydrogen) atoms. The van der Waals surface area contributed by atoms with Crippen LogP contribution >= 0.6 is 23.8 Å². The minimum atomic E-state index is -0.612. The Morgan fingerprint density at radius 1 is 1.31 bits per heavy atom. The normalized spacial score (nSPS) is 16.8. The first-order valence-corrected chi connectivity index (χ1v) is 9.44. The molecular formula is C20H21ClFNO2S. The minimum Gasteiger partial charge on any atom is -0.491 e. The molecule has 6 heteroatoms. The number of halogens is 2. The van der Waals surface area contributed by atoms with Gasteiger partial charge in [0.25, 0.3) is 0 Å². The van der Waals surface area contributed by atoms with Gasteiger partial charge in [-0.25, -0.2) is 4.39 Å². The Morgan fingerprint density at radius 2 is 2.08 bits per heavy atom. The van der Waals surface area contributed by atoms with Crippen molar-refractivity contribution in [2.75, 3.05) is 6.61 Å². The minimum absolute atomic E-state index is 0.0515. The fourth-order valence-electron chi connectivity index (χ4n) is 3.13. The number of aliphatic hydroxyl groups excluding tert-OH is 1. The molecule has 2 aromatic carbocycles. The van der Waals surface area contributed by atoms with Crippen molar-refractivity contribution in [2.24, 2.45) is 0 Å². The van der Waals surface area contributed by atoms with Crippen LogP contribution in [0.15, 0.2) is 42.5 Å². The zero-order valence-corrected chi connectivity index (χ0v) is 15.8. The molecule has 0 radical (unpaired) electrons. The molecule has 0 aliphatic heterocycles. The van der Waals surface area contributed by atoms with Crippen molar-refractivity contribution in [2.45, 2.75) is 37.8 Å². The molecule has 0 fully saturated rings. The highest BCUT2D eigenvalue weighted by Gasteiger charge is 2.25. The average Bonchev–Trinajstić information content (AvgIpc) is 3.04. The summed E-state index contributed by atoms with van der Waals surface area (Å²) in [4.78, 5) is 0.678. The highest BCUT2D eigenvalue weighted by atomic mass is 35.5. The van der Waals surface area contributed by atoms with Crippen LogP contribution in [0.5, 0.6) is 5.75 Å². The molecule has 0 aromatic heterocycles. The average molecular weight is 394 g/mol. The zero-order valence-electron chi connectivity index (χ0n) is 14.3. The van der Waals surface area contributed by atoms with Gasteiger partial charge in [-0.2, -0.15) is 0 Å². The van der Waals surface area contributed by atoms with Gasteiger partial charge in [0.15, 0.2) is 0 Å². The summed E-state index contributed by atoms with van der Waals surface area (Å²) < 4.78 is 19.3. The van der Waals surface area contributed by atoms with Crippen LogP contribution in [0, 0.1) is 5.82 Å². The summed E-state index contributed by atoms with van der Waals surface area (Å²) in [5, 5.41) is 14.0. The van der Waals surface area contributed by atoms with E-state index in [1.165, 1.54) is 6.07 Å². The van der Waals surface area contributed by atoms with Crippen molar-refractivity contribution >= 4 is 28.8 Å². The van der Waals surface area contributed by atoms with Gasteiger partial charge in [0.1, 0.15) is 18.2 Å². The van der Waals surface area contributed by atoms with Gasteiger partial charge in [-0.15, -0.1) is 0 Å². The van der Waals surface area contributed by atoms with Crippen LogP contribution in [-0.4, -0.2) is 22.8 Å². The highest BCUT2D eigenvalue weighted by Crippen LogP contribution is 2.32. The molecule has 3 rings (SSSR count). The van der Waals surface area contributed by atoms with E-state index in [0.717, 1.165) is 24.0 Å². The Labute approximate surface area is 163 Å². The van der Waals surface area contributed by atoms with E-state index in [9.17, 15) is 9.50 Å². The van der Waals surface area contributed by atoms with Gasteiger partial charge >= 0.3 is 0 Å². The maximum atomic E-state index is 13.8. The summed E-state index contributed by atoms with van der Waals surface area (Å²) >= 11 is 11.2. The van der Waals surface area contributed by atoms with Gasteiger partial charge in [-0.1, -0.05) is 36.0 Å². The molecule has 2 atom stereocenters. The predicted octanol–water partition coefficient (Wildman–Crippen LogP) is 4.60. The maximum Gasteiger partial charge on any atom is 0.126 e. The molecule has 138 valence electrons. The van der Waals surface area contributed by atoms with Gasteiger partial charge in [-0.3, -0.25) is 0 Å². The molecule has 1 aliphatic carbocycles. The Kier molecular flexibility index (Phi) is 6.46. The summed E-state index contributed by atoms with van der Waals surface area (Å²) in [5.74, 6) is 0.520. The van der Waals surface area contributed by atoms with Crippen LogP contribution in [0.4, 0.5) is 4.39 Å². The number of hydrogen-bond donors (Lipinski definition) is 2. The zero-order chi connectivity index (χ0) is 18.5. The lowest BCUT2D eigenvalue weighted by molar-refractivity contribution is 0.102. The number of aliphatic hydroxyl groups is 1. The Morgan fingerprint density at radius 3 is 2.85 bits per heavy atom. The topological polar surface area (TPSA) is 41.5 Å². The van der Waals surface area contributed by atoms with E-state index >= 15 is 0 Å². The van der Waals surface area contributed by atoms with E-state index in [1.54, 1.807) is 30.3 Å². The van der Waals surface area contributed by atoms with Gasteiger partial charge in [0.2, 0.25) is 0 Å². The highest BCUT2D eigenvalue weighted by molar-refractivity contribution is 7.80. The molecule has 3 nitrogen and oxygen atoms in total. The predicted molar refractivity (Wildman–Crippen MR) is 105 cm³/mol. The summed E-state index contributed by atoms with van der Waals surface area (Å²) in [5.41, 5.74) is 1.77. The van der Waals surface area contributed by atoms with Crippen LogP contribution in [0.2, 0.25) is 5.02 Å². The van der Waals surface area contributed by atoms with E-state index in [4.69, 9.17) is 28.6 Å². The number of hydrogen-bond acceptors (Lipinski definition) is 3. The van der Waals surface area contributed by atoms with Crippen molar-refractivity contribution < 1.29 is 14.2 Å².